The number of thioether (sulfide) groups is 1. The lowest BCUT2D eigenvalue weighted by atomic mass is 9.84. The van der Waals surface area contributed by atoms with Crippen molar-refractivity contribution < 1.29 is 28.5 Å². The van der Waals surface area contributed by atoms with Gasteiger partial charge in [-0.25, -0.2) is 0 Å². The van der Waals surface area contributed by atoms with E-state index in [0.717, 1.165) is 57.3 Å². The van der Waals surface area contributed by atoms with Gasteiger partial charge < -0.3 is 39.8 Å². The van der Waals surface area contributed by atoms with Gasteiger partial charge in [-0.15, -0.1) is 24.1 Å². The van der Waals surface area contributed by atoms with Crippen LogP contribution in [0.25, 0.3) is 0 Å². The number of rotatable bonds is 24. The number of nitrogens with one attached hydrogen (secondary N) is 1. The molecule has 1 amide bonds. The number of hydrogen-bond acceptors (Lipinski definition) is 10. The monoisotopic (exact) mass is 895 g/mol. The van der Waals surface area contributed by atoms with E-state index in [-0.39, 0.29) is 36.1 Å². The van der Waals surface area contributed by atoms with Crippen molar-refractivity contribution >= 4 is 29.3 Å². The SMILES string of the molecule is C#CC.CC.CCN/C(COCCN)=C(/COc1ccc(COC2=CCC=C(C(C)Sc3ccccc3N(CCN(C)C)C(=O)CC)C=C2)cc1)C(CC(=O)OC)c1ccccc1C. The number of aryl methyl sites for hydroxylation is 1. The second-order valence-electron chi connectivity index (χ2n) is 14.9. The van der Waals surface area contributed by atoms with Crippen molar-refractivity contribution in [2.24, 2.45) is 5.73 Å². The minimum Gasteiger partial charge on any atom is -0.489 e. The highest BCUT2D eigenvalue weighted by atomic mass is 32.2. The number of ether oxygens (including phenoxy) is 4. The average Bonchev–Trinajstić information content (AvgIpc) is 3.56. The number of hydrogen-bond donors (Lipinski definition) is 2. The van der Waals surface area contributed by atoms with Crippen LogP contribution in [-0.4, -0.2) is 89.2 Å². The number of nitrogens with zero attached hydrogens (tertiary/aromatic N) is 2. The molecule has 10 nitrogen and oxygen atoms in total. The molecule has 0 saturated carbocycles. The molecule has 2 unspecified atom stereocenters. The zero-order chi connectivity index (χ0) is 47.3. The third-order valence-corrected chi connectivity index (χ3v) is 11.2. The number of anilines is 1. The van der Waals surface area contributed by atoms with E-state index in [0.29, 0.717) is 51.6 Å². The molecule has 0 heterocycles. The number of terminal acetylenes is 1. The highest BCUT2D eigenvalue weighted by Gasteiger charge is 2.26. The van der Waals surface area contributed by atoms with Crippen molar-refractivity contribution in [3.8, 4) is 18.1 Å². The Bertz CT molecular complexity index is 2020. The van der Waals surface area contributed by atoms with Crippen LogP contribution in [0.2, 0.25) is 0 Å². The van der Waals surface area contributed by atoms with E-state index in [9.17, 15) is 9.59 Å². The average molecular weight is 895 g/mol. The molecular weight excluding hydrogens is 821 g/mol. The van der Waals surface area contributed by atoms with Gasteiger partial charge in [-0.05, 0) is 112 Å². The molecule has 11 heteroatoms. The lowest BCUT2D eigenvalue weighted by Crippen LogP contribution is -2.36. The first-order valence-corrected chi connectivity index (χ1v) is 23.2. The van der Waals surface area contributed by atoms with E-state index in [2.05, 4.69) is 59.8 Å². The molecule has 0 saturated heterocycles. The number of amides is 1. The molecule has 1 aliphatic rings. The predicted molar refractivity (Wildman–Crippen MR) is 267 cm³/mol. The van der Waals surface area contributed by atoms with Gasteiger partial charge in [0.2, 0.25) is 5.91 Å². The molecule has 0 radical (unpaired) electrons. The Morgan fingerprint density at radius 1 is 0.938 bits per heavy atom. The number of para-hydroxylation sites is 1. The first kappa shape index (κ1) is 54.9. The Hall–Kier alpha value is -5.25. The van der Waals surface area contributed by atoms with Gasteiger partial charge in [0, 0.05) is 54.4 Å². The normalized spacial score (nSPS) is 13.2. The number of benzene rings is 3. The van der Waals surface area contributed by atoms with E-state index >= 15 is 0 Å². The van der Waals surface area contributed by atoms with Crippen molar-refractivity contribution in [3.63, 3.8) is 0 Å². The molecular formula is C53H74N4O6S. The number of allylic oxidation sites excluding steroid dienone is 4. The molecule has 0 aromatic heterocycles. The van der Waals surface area contributed by atoms with Gasteiger partial charge in [-0.1, -0.05) is 81.5 Å². The van der Waals surface area contributed by atoms with Crippen molar-refractivity contribution in [2.45, 2.75) is 90.4 Å². The minimum absolute atomic E-state index is 0.124. The van der Waals surface area contributed by atoms with Crippen molar-refractivity contribution in [1.29, 1.82) is 0 Å². The smallest absolute Gasteiger partial charge is 0.306 e. The van der Waals surface area contributed by atoms with Gasteiger partial charge >= 0.3 is 5.97 Å². The fourth-order valence-corrected chi connectivity index (χ4v) is 7.88. The van der Waals surface area contributed by atoms with Gasteiger partial charge in [0.25, 0.3) is 0 Å². The summed E-state index contributed by atoms with van der Waals surface area (Å²) < 4.78 is 23.8. The quantitative estimate of drug-likeness (QED) is 0.0390. The molecule has 0 aliphatic heterocycles. The topological polar surface area (TPSA) is 116 Å². The number of likely N-dealkylation sites (N-methyl/N-ethyl adjacent to an activating group) is 2. The second-order valence-corrected chi connectivity index (χ2v) is 16.3. The lowest BCUT2D eigenvalue weighted by Gasteiger charge is -2.27. The van der Waals surface area contributed by atoms with Crippen molar-refractivity contribution in [3.05, 3.63) is 136 Å². The van der Waals surface area contributed by atoms with Gasteiger partial charge in [0.15, 0.2) is 0 Å². The number of carbonyl (C=O) groups is 2. The highest BCUT2D eigenvalue weighted by Crippen LogP contribution is 2.37. The fourth-order valence-electron chi connectivity index (χ4n) is 6.73. The summed E-state index contributed by atoms with van der Waals surface area (Å²) in [5, 5.41) is 3.64. The zero-order valence-corrected chi connectivity index (χ0v) is 40.9. The minimum atomic E-state index is -0.303. The summed E-state index contributed by atoms with van der Waals surface area (Å²) in [5.41, 5.74) is 12.8. The van der Waals surface area contributed by atoms with E-state index in [1.54, 1.807) is 18.7 Å². The van der Waals surface area contributed by atoms with E-state index < -0.39 is 0 Å². The van der Waals surface area contributed by atoms with Crippen LogP contribution in [0, 0.1) is 19.3 Å². The van der Waals surface area contributed by atoms with Gasteiger partial charge in [-0.3, -0.25) is 9.59 Å². The molecule has 64 heavy (non-hydrogen) atoms. The Morgan fingerprint density at radius 2 is 1.62 bits per heavy atom. The van der Waals surface area contributed by atoms with E-state index in [1.165, 1.54) is 12.7 Å². The summed E-state index contributed by atoms with van der Waals surface area (Å²) in [6.45, 7) is 17.7. The summed E-state index contributed by atoms with van der Waals surface area (Å²) >= 11 is 1.77. The van der Waals surface area contributed by atoms with Crippen LogP contribution in [0.1, 0.15) is 83.4 Å². The second kappa shape index (κ2) is 31.6. The Morgan fingerprint density at radius 3 is 2.27 bits per heavy atom. The Labute approximate surface area is 389 Å². The first-order chi connectivity index (χ1) is 31.0. The van der Waals surface area contributed by atoms with Gasteiger partial charge in [0.05, 0.1) is 32.4 Å². The van der Waals surface area contributed by atoms with Crippen LogP contribution in [0.5, 0.6) is 5.75 Å². The van der Waals surface area contributed by atoms with Crippen LogP contribution < -0.4 is 20.7 Å². The zero-order valence-electron chi connectivity index (χ0n) is 40.1. The third kappa shape index (κ3) is 18.8. The molecule has 3 aromatic rings. The molecule has 3 aromatic carbocycles. The number of nitrogens with two attached hydrogens (primary N) is 1. The first-order valence-electron chi connectivity index (χ1n) is 22.4. The maximum Gasteiger partial charge on any atom is 0.306 e. The molecule has 3 N–H and O–H groups in total. The number of esters is 1. The third-order valence-electron chi connectivity index (χ3n) is 10.0. The largest absolute Gasteiger partial charge is 0.489 e. The molecule has 1 aliphatic carbocycles. The molecule has 0 spiro atoms. The number of methoxy groups -OCH3 is 1. The van der Waals surface area contributed by atoms with Crippen molar-refractivity contribution in [2.75, 3.05) is 72.1 Å². The lowest BCUT2D eigenvalue weighted by molar-refractivity contribution is -0.140. The van der Waals surface area contributed by atoms with Crippen molar-refractivity contribution in [1.82, 2.24) is 10.2 Å². The maximum atomic E-state index is 13.0. The highest BCUT2D eigenvalue weighted by molar-refractivity contribution is 8.00. The number of carbonyl (C=O) groups excluding carboxylic acids is 2. The Kier molecular flexibility index (Phi) is 27.1. The molecule has 0 fully saturated rings. The Balaban J connectivity index is 0.00000270. The molecule has 2 atom stereocenters. The summed E-state index contributed by atoms with van der Waals surface area (Å²) in [6, 6.07) is 24.2. The van der Waals surface area contributed by atoms with Crippen LogP contribution >= 0.6 is 11.8 Å². The van der Waals surface area contributed by atoms with Gasteiger partial charge in [-0.2, -0.15) is 0 Å². The molecule has 4 rings (SSSR count). The van der Waals surface area contributed by atoms with Crippen LogP contribution in [-0.2, 0) is 30.4 Å². The van der Waals surface area contributed by atoms with Crippen LogP contribution in [0.4, 0.5) is 5.69 Å². The molecule has 0 bridgehead atoms. The fraction of sp³-hybridized carbons (Fsp3) is 0.434. The van der Waals surface area contributed by atoms with Crippen LogP contribution in [0.3, 0.4) is 0 Å². The summed E-state index contributed by atoms with van der Waals surface area (Å²) in [4.78, 5) is 30.9. The summed E-state index contributed by atoms with van der Waals surface area (Å²) in [6.07, 6.45) is 14.5. The maximum absolute atomic E-state index is 13.0. The van der Waals surface area contributed by atoms with Crippen LogP contribution in [0.15, 0.2) is 125 Å². The van der Waals surface area contributed by atoms with Gasteiger partial charge in [0.1, 0.15) is 24.7 Å². The summed E-state index contributed by atoms with van der Waals surface area (Å²) in [5.74, 6) is 3.29. The van der Waals surface area contributed by atoms with E-state index in [4.69, 9.17) is 24.7 Å². The molecule has 348 valence electrons. The standard InChI is InChI=1S/C48H64N4O6S.C3H4.C2H6/c1-8-47(53)52(29-28-51(5)6)45-19-12-13-20-46(45)59-36(4)38-16-14-17-39(26-23-38)57-32-37-21-24-40(25-22-37)58-33-43(44(50-9-2)34-56-30-27-49)42(31-48(54)55-7)41-18-11-10-15-35(41)3;1-3-2;1-2/h10-13,15-26,36,42,50H,8-9,14,27-34,49H2,1-7H3;1H,2H3;1-2H3/b44-43-;;. The van der Waals surface area contributed by atoms with E-state index in [1.807, 2.05) is 120 Å². The predicted octanol–water partition coefficient (Wildman–Crippen LogP) is 10.00. The summed E-state index contributed by atoms with van der Waals surface area (Å²) in [7, 11) is 5.47.